The van der Waals surface area contributed by atoms with Crippen LogP contribution in [0.1, 0.15) is 11.3 Å². The Hall–Kier alpha value is -0.690. The largest absolute Gasteiger partial charge is 0.396 e. The van der Waals surface area contributed by atoms with Gasteiger partial charge in [0.2, 0.25) is 5.65 Å². The van der Waals surface area contributed by atoms with Crippen molar-refractivity contribution in [1.82, 2.24) is 15.3 Å². The Bertz CT molecular complexity index is 456. The molecule has 76 valence electrons. The molecule has 0 aromatic carbocycles. The summed E-state index contributed by atoms with van der Waals surface area (Å²) in [4.78, 5) is 4.19. The van der Waals surface area contributed by atoms with Crippen LogP contribution in [0.25, 0.3) is 11.2 Å². The molecule has 0 saturated heterocycles. The van der Waals surface area contributed by atoms with Gasteiger partial charge in [-0.25, -0.2) is 9.61 Å². The van der Waals surface area contributed by atoms with E-state index < -0.39 is 0 Å². The maximum absolute atomic E-state index is 5.84. The van der Waals surface area contributed by atoms with Crippen LogP contribution in [0.5, 0.6) is 0 Å². The van der Waals surface area contributed by atoms with E-state index in [9.17, 15) is 0 Å². The van der Waals surface area contributed by atoms with Gasteiger partial charge in [0, 0.05) is 16.6 Å². The van der Waals surface area contributed by atoms with Crippen molar-refractivity contribution >= 4 is 49.8 Å². The molecule has 0 radical (unpaired) electrons. The first-order valence-electron chi connectivity index (χ1n) is 3.67. The van der Waals surface area contributed by atoms with Crippen LogP contribution in [-0.4, -0.2) is 15.3 Å². The summed E-state index contributed by atoms with van der Waals surface area (Å²) in [6.45, 7) is 1.88. The molecule has 2 rings (SSSR count). The lowest BCUT2D eigenvalue weighted by molar-refractivity contribution is 0.315. The lowest BCUT2D eigenvalue weighted by Crippen LogP contribution is -1.99. The molecule has 0 aliphatic heterocycles. The molecule has 0 atom stereocenters. The number of aryl methyl sites for hydroxylation is 1. The summed E-state index contributed by atoms with van der Waals surface area (Å²) in [6.07, 6.45) is 0. The van der Waals surface area contributed by atoms with Crippen LogP contribution < -0.4 is 5.73 Å². The van der Waals surface area contributed by atoms with E-state index in [1.165, 1.54) is 0 Å². The van der Waals surface area contributed by atoms with E-state index in [0.717, 1.165) is 11.3 Å². The highest BCUT2D eigenvalue weighted by Gasteiger charge is 2.12. The van der Waals surface area contributed by atoms with Gasteiger partial charge in [-0.1, -0.05) is 15.9 Å². The molecular formula is C7H8Br2N4O. The normalized spacial score (nSPS) is 10.1. The zero-order valence-electron chi connectivity index (χ0n) is 7.32. The first-order chi connectivity index (χ1) is 6.24. The number of aromatic nitrogens is 3. The second-order valence-corrected chi connectivity index (χ2v) is 3.22. The standard InChI is InChI=1S/C7H7BrN4O.BrH/c1-3-4(2-8)5(9)6-7(10-3)12-13-11-6;/h2,9H2,1H3;1H. The van der Waals surface area contributed by atoms with Gasteiger partial charge < -0.3 is 5.73 Å². The molecule has 0 aliphatic carbocycles. The maximum Gasteiger partial charge on any atom is 0.226 e. The highest BCUT2D eigenvalue weighted by molar-refractivity contribution is 9.08. The van der Waals surface area contributed by atoms with Gasteiger partial charge in [0.1, 0.15) is 0 Å². The van der Waals surface area contributed by atoms with Gasteiger partial charge in [0.25, 0.3) is 0 Å². The Balaban J connectivity index is 0.000000980. The molecule has 0 aliphatic rings. The van der Waals surface area contributed by atoms with Crippen molar-refractivity contribution in [3.05, 3.63) is 11.3 Å². The molecule has 2 heterocycles. The third kappa shape index (κ3) is 1.61. The van der Waals surface area contributed by atoms with E-state index in [-0.39, 0.29) is 17.0 Å². The number of anilines is 1. The summed E-state index contributed by atoms with van der Waals surface area (Å²) in [5, 5.41) is 7.95. The van der Waals surface area contributed by atoms with Gasteiger partial charge >= 0.3 is 0 Å². The van der Waals surface area contributed by atoms with Gasteiger partial charge in [-0.3, -0.25) is 0 Å². The number of nitrogens with zero attached hydrogens (tertiary/aromatic N) is 3. The van der Waals surface area contributed by atoms with E-state index in [4.69, 9.17) is 5.73 Å². The monoisotopic (exact) mass is 322 g/mol. The summed E-state index contributed by atoms with van der Waals surface area (Å²) in [7, 11) is 0. The zero-order valence-corrected chi connectivity index (χ0v) is 10.6. The van der Waals surface area contributed by atoms with E-state index in [0.29, 0.717) is 22.2 Å². The van der Waals surface area contributed by atoms with Crippen molar-refractivity contribution in [3.63, 3.8) is 0 Å². The molecule has 2 aromatic rings. The third-order valence-electron chi connectivity index (χ3n) is 1.90. The van der Waals surface area contributed by atoms with Crippen LogP contribution in [0.4, 0.5) is 5.69 Å². The Morgan fingerprint density at radius 1 is 1.43 bits per heavy atom. The molecule has 7 heteroatoms. The molecule has 0 amide bonds. The Kier molecular flexibility index (Phi) is 3.43. The molecule has 2 N–H and O–H groups in total. The summed E-state index contributed by atoms with van der Waals surface area (Å²) in [5.74, 6) is 0. The van der Waals surface area contributed by atoms with Gasteiger partial charge in [-0.15, -0.1) is 17.0 Å². The number of nitrogens with two attached hydrogens (primary N) is 1. The maximum atomic E-state index is 5.84. The molecule has 0 spiro atoms. The Morgan fingerprint density at radius 2 is 2.14 bits per heavy atom. The average molecular weight is 324 g/mol. The van der Waals surface area contributed by atoms with Crippen molar-refractivity contribution in [2.75, 3.05) is 5.73 Å². The predicted molar refractivity (Wildman–Crippen MR) is 61.7 cm³/mol. The Labute approximate surface area is 98.9 Å². The molecule has 0 bridgehead atoms. The van der Waals surface area contributed by atoms with Gasteiger partial charge in [0.15, 0.2) is 5.52 Å². The average Bonchev–Trinajstić information content (AvgIpc) is 2.53. The highest BCUT2D eigenvalue weighted by Crippen LogP contribution is 2.24. The van der Waals surface area contributed by atoms with Gasteiger partial charge in [-0.05, 0) is 17.2 Å². The van der Waals surface area contributed by atoms with E-state index in [1.54, 1.807) is 0 Å². The van der Waals surface area contributed by atoms with Crippen molar-refractivity contribution in [2.24, 2.45) is 0 Å². The number of alkyl halides is 1. The van der Waals surface area contributed by atoms with Crippen LogP contribution in [-0.2, 0) is 5.33 Å². The Morgan fingerprint density at radius 3 is 2.79 bits per heavy atom. The van der Waals surface area contributed by atoms with Crippen molar-refractivity contribution < 1.29 is 4.63 Å². The summed E-state index contributed by atoms with van der Waals surface area (Å²) in [5.41, 5.74) is 9.19. The summed E-state index contributed by atoms with van der Waals surface area (Å²) < 4.78 is 4.54. The smallest absolute Gasteiger partial charge is 0.226 e. The fraction of sp³-hybridized carbons (Fsp3) is 0.286. The number of halogens is 2. The van der Waals surface area contributed by atoms with Crippen LogP contribution >= 0.6 is 32.9 Å². The minimum atomic E-state index is 0. The predicted octanol–water partition coefficient (Wildman–Crippen LogP) is 1.98. The summed E-state index contributed by atoms with van der Waals surface area (Å²) in [6, 6.07) is 0. The number of pyridine rings is 1. The SMILES string of the molecule is Br.Cc1nc2nonc2c(N)c1CBr. The molecule has 0 fully saturated rings. The van der Waals surface area contributed by atoms with E-state index in [1.807, 2.05) is 6.92 Å². The zero-order chi connectivity index (χ0) is 9.42. The number of rotatable bonds is 1. The molecule has 0 saturated carbocycles. The van der Waals surface area contributed by atoms with E-state index >= 15 is 0 Å². The van der Waals surface area contributed by atoms with Crippen LogP contribution in [0, 0.1) is 6.92 Å². The molecule has 2 aromatic heterocycles. The number of hydrogen-bond acceptors (Lipinski definition) is 5. The number of hydrogen-bond donors (Lipinski definition) is 1. The lowest BCUT2D eigenvalue weighted by atomic mass is 10.2. The molecule has 14 heavy (non-hydrogen) atoms. The third-order valence-corrected chi connectivity index (χ3v) is 2.46. The van der Waals surface area contributed by atoms with Crippen LogP contribution in [0.2, 0.25) is 0 Å². The fourth-order valence-electron chi connectivity index (χ4n) is 1.16. The number of nitrogen functional groups attached to an aromatic ring is 1. The van der Waals surface area contributed by atoms with Crippen molar-refractivity contribution in [3.8, 4) is 0 Å². The van der Waals surface area contributed by atoms with Crippen LogP contribution in [0.3, 0.4) is 0 Å². The summed E-state index contributed by atoms with van der Waals surface area (Å²) >= 11 is 3.33. The minimum absolute atomic E-state index is 0. The van der Waals surface area contributed by atoms with Gasteiger partial charge in [0.05, 0.1) is 5.69 Å². The van der Waals surface area contributed by atoms with Gasteiger partial charge in [-0.2, -0.15) is 0 Å². The first-order valence-corrected chi connectivity index (χ1v) is 4.79. The topological polar surface area (TPSA) is 77.8 Å². The fourth-order valence-corrected chi connectivity index (χ4v) is 1.87. The lowest BCUT2D eigenvalue weighted by Gasteiger charge is -2.03. The van der Waals surface area contributed by atoms with Crippen LogP contribution in [0.15, 0.2) is 4.63 Å². The highest BCUT2D eigenvalue weighted by atomic mass is 79.9. The minimum Gasteiger partial charge on any atom is -0.396 e. The van der Waals surface area contributed by atoms with Crippen molar-refractivity contribution in [1.29, 1.82) is 0 Å². The van der Waals surface area contributed by atoms with Crippen molar-refractivity contribution in [2.45, 2.75) is 12.3 Å². The first kappa shape index (κ1) is 11.4. The second-order valence-electron chi connectivity index (χ2n) is 2.66. The second kappa shape index (κ2) is 4.22. The molecular weight excluding hydrogens is 316 g/mol. The quantitative estimate of drug-likeness (QED) is 0.812. The number of fused-ring (bicyclic) bond motifs is 1. The van der Waals surface area contributed by atoms with E-state index in [2.05, 4.69) is 35.9 Å². The molecule has 5 nitrogen and oxygen atoms in total. The molecule has 0 unspecified atom stereocenters.